The van der Waals surface area contributed by atoms with Crippen molar-refractivity contribution in [3.63, 3.8) is 0 Å². The van der Waals surface area contributed by atoms with Gasteiger partial charge in [-0.3, -0.25) is 4.79 Å². The molecule has 1 aromatic carbocycles. The van der Waals surface area contributed by atoms with Gasteiger partial charge in [0, 0.05) is 10.9 Å². The van der Waals surface area contributed by atoms with Gasteiger partial charge in [0.2, 0.25) is 0 Å². The van der Waals surface area contributed by atoms with Crippen LogP contribution in [-0.2, 0) is 0 Å². The molecular weight excluding hydrogens is 283 g/mol. The third kappa shape index (κ3) is 3.00. The maximum atomic E-state index is 13.6. The second kappa shape index (κ2) is 5.79. The summed E-state index contributed by atoms with van der Waals surface area (Å²) in [5, 5.41) is 12.6. The number of nitrogens with one attached hydrogen (secondary N) is 1. The number of halogens is 1. The van der Waals surface area contributed by atoms with E-state index in [1.54, 1.807) is 25.1 Å². The summed E-state index contributed by atoms with van der Waals surface area (Å²) in [5.41, 5.74) is 0.176. The molecule has 0 spiro atoms. The highest BCUT2D eigenvalue weighted by Gasteiger charge is 2.18. The van der Waals surface area contributed by atoms with Crippen LogP contribution in [0.3, 0.4) is 0 Å². The van der Waals surface area contributed by atoms with E-state index in [0.29, 0.717) is 5.56 Å². The van der Waals surface area contributed by atoms with Crippen molar-refractivity contribution < 1.29 is 19.1 Å². The highest BCUT2D eigenvalue weighted by molar-refractivity contribution is 7.11. The Morgan fingerprint density at radius 3 is 2.70 bits per heavy atom. The van der Waals surface area contributed by atoms with Crippen molar-refractivity contribution in [2.75, 3.05) is 0 Å². The summed E-state index contributed by atoms with van der Waals surface area (Å²) in [4.78, 5) is 26.3. The van der Waals surface area contributed by atoms with E-state index in [2.05, 4.69) is 10.3 Å². The summed E-state index contributed by atoms with van der Waals surface area (Å²) in [5.74, 6) is -2.13. The lowest BCUT2D eigenvalue weighted by Crippen LogP contribution is -2.27. The average Bonchev–Trinajstić information content (AvgIpc) is 2.88. The van der Waals surface area contributed by atoms with Gasteiger partial charge in [-0.2, -0.15) is 0 Å². The number of hydrogen-bond acceptors (Lipinski definition) is 4. The molecule has 0 fully saturated rings. The maximum absolute atomic E-state index is 13.6. The zero-order chi connectivity index (χ0) is 14.7. The van der Waals surface area contributed by atoms with Gasteiger partial charge in [0.05, 0.1) is 6.04 Å². The number of nitrogens with zero attached hydrogens (tertiary/aromatic N) is 1. The van der Waals surface area contributed by atoms with E-state index in [0.717, 1.165) is 11.3 Å². The molecule has 5 nitrogen and oxygen atoms in total. The van der Waals surface area contributed by atoms with Gasteiger partial charge in [0.15, 0.2) is 10.7 Å². The molecule has 1 unspecified atom stereocenters. The molecule has 0 bridgehead atoms. The van der Waals surface area contributed by atoms with Crippen molar-refractivity contribution in [3.8, 4) is 0 Å². The monoisotopic (exact) mass is 294 g/mol. The smallest absolute Gasteiger partial charge is 0.355 e. The summed E-state index contributed by atoms with van der Waals surface area (Å²) in [6.45, 7) is 1.64. The summed E-state index contributed by atoms with van der Waals surface area (Å²) in [7, 11) is 0. The second-order valence-corrected chi connectivity index (χ2v) is 4.92. The minimum absolute atomic E-state index is 0.0330. The number of benzene rings is 1. The topological polar surface area (TPSA) is 79.3 Å². The van der Waals surface area contributed by atoms with Crippen molar-refractivity contribution in [2.45, 2.75) is 13.0 Å². The van der Waals surface area contributed by atoms with Gasteiger partial charge in [-0.15, -0.1) is 11.3 Å². The SMILES string of the molecule is CC(NC(=O)c1nc(C(=O)O)cs1)c1ccccc1F. The Morgan fingerprint density at radius 2 is 2.10 bits per heavy atom. The fourth-order valence-corrected chi connectivity index (χ4v) is 2.33. The lowest BCUT2D eigenvalue weighted by atomic mass is 10.1. The first kappa shape index (κ1) is 14.1. The Labute approximate surface area is 118 Å². The summed E-state index contributed by atoms with van der Waals surface area (Å²) in [6.07, 6.45) is 0. The molecule has 0 aliphatic rings. The first-order valence-electron chi connectivity index (χ1n) is 5.73. The zero-order valence-electron chi connectivity index (χ0n) is 10.5. The number of amides is 1. The van der Waals surface area contributed by atoms with Gasteiger partial charge in [0.1, 0.15) is 5.82 Å². The first-order valence-corrected chi connectivity index (χ1v) is 6.61. The predicted molar refractivity (Wildman–Crippen MR) is 71.4 cm³/mol. The van der Waals surface area contributed by atoms with Crippen LogP contribution < -0.4 is 5.32 Å². The molecule has 2 aromatic rings. The van der Waals surface area contributed by atoms with E-state index in [-0.39, 0.29) is 10.7 Å². The van der Waals surface area contributed by atoms with Gasteiger partial charge in [0.25, 0.3) is 5.91 Å². The molecule has 1 atom stereocenters. The molecular formula is C13H11FN2O3S. The fraction of sp³-hybridized carbons (Fsp3) is 0.154. The standard InChI is InChI=1S/C13H11FN2O3S/c1-7(8-4-2-3-5-9(8)14)15-11(17)12-16-10(6-20-12)13(18)19/h2-7H,1H3,(H,15,17)(H,18,19). The minimum atomic E-state index is -1.19. The highest BCUT2D eigenvalue weighted by Crippen LogP contribution is 2.17. The summed E-state index contributed by atoms with van der Waals surface area (Å²) >= 11 is 0.930. The number of rotatable bonds is 4. The minimum Gasteiger partial charge on any atom is -0.476 e. The van der Waals surface area contributed by atoms with E-state index in [4.69, 9.17) is 5.11 Å². The zero-order valence-corrected chi connectivity index (χ0v) is 11.3. The van der Waals surface area contributed by atoms with Crippen molar-refractivity contribution in [3.05, 3.63) is 51.7 Å². The maximum Gasteiger partial charge on any atom is 0.355 e. The Morgan fingerprint density at radius 1 is 1.40 bits per heavy atom. The van der Waals surface area contributed by atoms with Gasteiger partial charge in [-0.25, -0.2) is 14.2 Å². The first-order chi connectivity index (χ1) is 9.49. The van der Waals surface area contributed by atoms with E-state index < -0.39 is 23.7 Å². The Hall–Kier alpha value is -2.28. The van der Waals surface area contributed by atoms with Crippen molar-refractivity contribution >= 4 is 23.2 Å². The fourth-order valence-electron chi connectivity index (χ4n) is 1.64. The normalized spacial score (nSPS) is 11.9. The number of carbonyl (C=O) groups excluding carboxylic acids is 1. The highest BCUT2D eigenvalue weighted by atomic mass is 32.1. The van der Waals surface area contributed by atoms with Crippen molar-refractivity contribution in [1.82, 2.24) is 10.3 Å². The molecule has 1 heterocycles. The van der Waals surface area contributed by atoms with E-state index in [9.17, 15) is 14.0 Å². The molecule has 7 heteroatoms. The molecule has 1 amide bonds. The molecule has 1 aromatic heterocycles. The Bertz CT molecular complexity index is 657. The molecule has 0 saturated carbocycles. The third-order valence-corrected chi connectivity index (χ3v) is 3.48. The molecule has 0 radical (unpaired) electrons. The van der Waals surface area contributed by atoms with Crippen LogP contribution >= 0.6 is 11.3 Å². The van der Waals surface area contributed by atoms with Crippen LogP contribution in [-0.4, -0.2) is 22.0 Å². The van der Waals surface area contributed by atoms with Crippen LogP contribution in [0.4, 0.5) is 4.39 Å². The van der Waals surface area contributed by atoms with Crippen molar-refractivity contribution in [1.29, 1.82) is 0 Å². The number of carboxylic acid groups (broad SMARTS) is 1. The molecule has 2 rings (SSSR count). The summed E-state index contributed by atoms with van der Waals surface area (Å²) < 4.78 is 13.6. The number of hydrogen-bond donors (Lipinski definition) is 2. The molecule has 0 aliphatic carbocycles. The van der Waals surface area contributed by atoms with Gasteiger partial charge in [-0.05, 0) is 13.0 Å². The van der Waals surface area contributed by atoms with E-state index >= 15 is 0 Å². The van der Waals surface area contributed by atoms with Gasteiger partial charge in [-0.1, -0.05) is 18.2 Å². The Balaban J connectivity index is 2.11. The van der Waals surface area contributed by atoms with Crippen LogP contribution in [0.15, 0.2) is 29.6 Å². The lowest BCUT2D eigenvalue weighted by molar-refractivity contribution is 0.0691. The number of aromatic nitrogens is 1. The number of thiazole rings is 1. The molecule has 0 saturated heterocycles. The van der Waals surface area contributed by atoms with Crippen LogP contribution in [0.2, 0.25) is 0 Å². The van der Waals surface area contributed by atoms with Crippen molar-refractivity contribution in [2.24, 2.45) is 0 Å². The molecule has 20 heavy (non-hydrogen) atoms. The third-order valence-electron chi connectivity index (χ3n) is 2.64. The van der Waals surface area contributed by atoms with Gasteiger partial charge >= 0.3 is 5.97 Å². The predicted octanol–water partition coefficient (Wildman–Crippen LogP) is 2.47. The lowest BCUT2D eigenvalue weighted by Gasteiger charge is -2.13. The quantitative estimate of drug-likeness (QED) is 0.908. The van der Waals surface area contributed by atoms with Crippen LogP contribution in [0.1, 0.15) is 38.8 Å². The molecule has 0 aliphatic heterocycles. The van der Waals surface area contributed by atoms with E-state index in [1.807, 2.05) is 0 Å². The number of carboxylic acids is 1. The number of aromatic carboxylic acids is 1. The van der Waals surface area contributed by atoms with Crippen LogP contribution in [0.5, 0.6) is 0 Å². The molecule has 104 valence electrons. The molecule has 2 N–H and O–H groups in total. The van der Waals surface area contributed by atoms with Crippen LogP contribution in [0.25, 0.3) is 0 Å². The summed E-state index contributed by atoms with van der Waals surface area (Å²) in [6, 6.07) is 5.58. The van der Waals surface area contributed by atoms with Crippen LogP contribution in [0, 0.1) is 5.82 Å². The second-order valence-electron chi connectivity index (χ2n) is 4.06. The number of carbonyl (C=O) groups is 2. The van der Waals surface area contributed by atoms with E-state index in [1.165, 1.54) is 11.4 Å². The Kier molecular flexibility index (Phi) is 4.09. The largest absolute Gasteiger partial charge is 0.476 e. The average molecular weight is 294 g/mol. The van der Waals surface area contributed by atoms with Gasteiger partial charge < -0.3 is 10.4 Å².